The fourth-order valence-corrected chi connectivity index (χ4v) is 4.04. The standard InChI is InChI=1S/C19H25Cl2N3O2/c1-2-22-12-13-5-8-23(9-6-13)18(25)15-7-10-24(19(15)26)14-3-4-16(20)17(21)11-14/h3-4,11,13,15,22H,2,5-10,12H2,1H3. The maximum atomic E-state index is 12.8. The van der Waals surface area contributed by atoms with Gasteiger partial charge in [-0.1, -0.05) is 30.1 Å². The van der Waals surface area contributed by atoms with Crippen LogP contribution in [0.5, 0.6) is 0 Å². The summed E-state index contributed by atoms with van der Waals surface area (Å²) in [6.45, 7) is 6.09. The van der Waals surface area contributed by atoms with Gasteiger partial charge in [-0.25, -0.2) is 0 Å². The van der Waals surface area contributed by atoms with Crippen molar-refractivity contribution in [2.45, 2.75) is 26.2 Å². The van der Waals surface area contributed by atoms with Gasteiger partial charge in [-0.05, 0) is 56.5 Å². The third-order valence-electron chi connectivity index (χ3n) is 5.33. The smallest absolute Gasteiger partial charge is 0.239 e. The minimum Gasteiger partial charge on any atom is -0.342 e. The molecule has 0 bridgehead atoms. The highest BCUT2D eigenvalue weighted by Crippen LogP contribution is 2.32. The van der Waals surface area contributed by atoms with E-state index in [0.29, 0.717) is 34.6 Å². The third-order valence-corrected chi connectivity index (χ3v) is 6.07. The summed E-state index contributed by atoms with van der Waals surface area (Å²) < 4.78 is 0. The molecule has 2 saturated heterocycles. The van der Waals surface area contributed by atoms with Crippen LogP contribution in [-0.4, -0.2) is 49.4 Å². The molecule has 2 heterocycles. The Hall–Kier alpha value is -1.30. The van der Waals surface area contributed by atoms with Gasteiger partial charge in [0.1, 0.15) is 5.92 Å². The van der Waals surface area contributed by atoms with Crippen molar-refractivity contribution in [3.63, 3.8) is 0 Å². The third kappa shape index (κ3) is 4.16. The van der Waals surface area contributed by atoms with Gasteiger partial charge >= 0.3 is 0 Å². The molecule has 2 aliphatic rings. The Balaban J connectivity index is 1.59. The summed E-state index contributed by atoms with van der Waals surface area (Å²) in [4.78, 5) is 29.1. The van der Waals surface area contributed by atoms with Crippen LogP contribution in [0.4, 0.5) is 5.69 Å². The number of piperidine rings is 1. The Morgan fingerprint density at radius 3 is 2.54 bits per heavy atom. The fraction of sp³-hybridized carbons (Fsp3) is 0.579. The average Bonchev–Trinajstić information content (AvgIpc) is 3.03. The zero-order chi connectivity index (χ0) is 18.7. The zero-order valence-electron chi connectivity index (χ0n) is 15.0. The van der Waals surface area contributed by atoms with E-state index in [2.05, 4.69) is 12.2 Å². The molecule has 1 aromatic rings. The number of halogens is 2. The number of amides is 2. The maximum Gasteiger partial charge on any atom is 0.239 e. The van der Waals surface area contributed by atoms with Gasteiger partial charge < -0.3 is 15.1 Å². The van der Waals surface area contributed by atoms with E-state index in [1.807, 2.05) is 4.90 Å². The topological polar surface area (TPSA) is 52.7 Å². The quantitative estimate of drug-likeness (QED) is 0.776. The second-order valence-electron chi connectivity index (χ2n) is 7.01. The molecule has 2 fully saturated rings. The van der Waals surface area contributed by atoms with Crippen LogP contribution in [0.3, 0.4) is 0 Å². The minimum absolute atomic E-state index is 0.0283. The molecule has 142 valence electrons. The summed E-state index contributed by atoms with van der Waals surface area (Å²) in [6, 6.07) is 5.13. The largest absolute Gasteiger partial charge is 0.342 e. The van der Waals surface area contributed by atoms with Crippen LogP contribution in [-0.2, 0) is 9.59 Å². The molecular formula is C19H25Cl2N3O2. The van der Waals surface area contributed by atoms with E-state index in [0.717, 1.165) is 39.0 Å². The first-order valence-electron chi connectivity index (χ1n) is 9.27. The van der Waals surface area contributed by atoms with Gasteiger partial charge in [-0.2, -0.15) is 0 Å². The molecule has 1 aromatic carbocycles. The van der Waals surface area contributed by atoms with E-state index < -0.39 is 5.92 Å². The lowest BCUT2D eigenvalue weighted by Gasteiger charge is -2.33. The van der Waals surface area contributed by atoms with Crippen molar-refractivity contribution in [1.82, 2.24) is 10.2 Å². The van der Waals surface area contributed by atoms with Gasteiger partial charge in [0.25, 0.3) is 0 Å². The van der Waals surface area contributed by atoms with Crippen molar-refractivity contribution in [2.75, 3.05) is 37.6 Å². The lowest BCUT2D eigenvalue weighted by atomic mass is 9.95. The molecule has 0 aliphatic carbocycles. The Morgan fingerprint density at radius 2 is 1.88 bits per heavy atom. The van der Waals surface area contributed by atoms with E-state index in [4.69, 9.17) is 23.2 Å². The minimum atomic E-state index is -0.574. The van der Waals surface area contributed by atoms with Crippen LogP contribution in [0.2, 0.25) is 10.0 Å². The van der Waals surface area contributed by atoms with E-state index in [1.54, 1.807) is 23.1 Å². The van der Waals surface area contributed by atoms with Crippen molar-refractivity contribution in [2.24, 2.45) is 11.8 Å². The Labute approximate surface area is 164 Å². The first-order valence-corrected chi connectivity index (χ1v) is 10.0. The number of nitrogens with zero attached hydrogens (tertiary/aromatic N) is 2. The maximum absolute atomic E-state index is 12.8. The summed E-state index contributed by atoms with van der Waals surface area (Å²) in [5.41, 5.74) is 0.698. The Bertz CT molecular complexity index is 675. The average molecular weight is 398 g/mol. The van der Waals surface area contributed by atoms with E-state index in [-0.39, 0.29) is 11.8 Å². The lowest BCUT2D eigenvalue weighted by molar-refractivity contribution is -0.141. The monoisotopic (exact) mass is 397 g/mol. The number of nitrogens with one attached hydrogen (secondary N) is 1. The SMILES string of the molecule is CCNCC1CCN(C(=O)C2CCN(c3ccc(Cl)c(Cl)c3)C2=O)CC1. The first kappa shape index (κ1) is 19.5. The molecule has 0 radical (unpaired) electrons. The zero-order valence-corrected chi connectivity index (χ0v) is 16.5. The van der Waals surface area contributed by atoms with E-state index >= 15 is 0 Å². The summed E-state index contributed by atoms with van der Waals surface area (Å²) >= 11 is 12.0. The van der Waals surface area contributed by atoms with Gasteiger partial charge in [-0.15, -0.1) is 0 Å². The molecule has 1 unspecified atom stereocenters. The number of carbonyl (C=O) groups is 2. The fourth-order valence-electron chi connectivity index (χ4n) is 3.74. The molecule has 1 atom stereocenters. The van der Waals surface area contributed by atoms with Crippen LogP contribution >= 0.6 is 23.2 Å². The normalized spacial score (nSPS) is 21.5. The molecule has 2 amide bonds. The van der Waals surface area contributed by atoms with Gasteiger partial charge in [0.2, 0.25) is 11.8 Å². The second kappa shape index (κ2) is 8.59. The number of hydrogen-bond donors (Lipinski definition) is 1. The predicted molar refractivity (Wildman–Crippen MR) is 105 cm³/mol. The lowest BCUT2D eigenvalue weighted by Crippen LogP contribution is -2.45. The highest BCUT2D eigenvalue weighted by Gasteiger charge is 2.40. The highest BCUT2D eigenvalue weighted by molar-refractivity contribution is 6.42. The summed E-state index contributed by atoms with van der Waals surface area (Å²) in [6.07, 6.45) is 2.54. The van der Waals surface area contributed by atoms with Gasteiger partial charge in [0, 0.05) is 25.3 Å². The van der Waals surface area contributed by atoms with E-state index in [1.165, 1.54) is 0 Å². The Morgan fingerprint density at radius 1 is 1.15 bits per heavy atom. The van der Waals surface area contributed by atoms with Crippen LogP contribution in [0.25, 0.3) is 0 Å². The Kier molecular flexibility index (Phi) is 6.43. The number of benzene rings is 1. The number of carbonyl (C=O) groups excluding carboxylic acids is 2. The molecule has 1 N–H and O–H groups in total. The predicted octanol–water partition coefficient (Wildman–Crippen LogP) is 3.19. The van der Waals surface area contributed by atoms with Crippen molar-refractivity contribution < 1.29 is 9.59 Å². The summed E-state index contributed by atoms with van der Waals surface area (Å²) in [7, 11) is 0. The molecule has 3 rings (SSSR count). The summed E-state index contributed by atoms with van der Waals surface area (Å²) in [5.74, 6) is -0.122. The second-order valence-corrected chi connectivity index (χ2v) is 7.82. The molecule has 26 heavy (non-hydrogen) atoms. The first-order chi connectivity index (χ1) is 12.5. The van der Waals surface area contributed by atoms with Crippen molar-refractivity contribution in [3.8, 4) is 0 Å². The van der Waals surface area contributed by atoms with Crippen LogP contribution < -0.4 is 10.2 Å². The number of rotatable bonds is 5. The van der Waals surface area contributed by atoms with Gasteiger partial charge in [0.15, 0.2) is 0 Å². The van der Waals surface area contributed by atoms with E-state index in [9.17, 15) is 9.59 Å². The molecular weight excluding hydrogens is 373 g/mol. The molecule has 7 heteroatoms. The van der Waals surface area contributed by atoms with Crippen LogP contribution in [0, 0.1) is 11.8 Å². The van der Waals surface area contributed by atoms with Crippen LogP contribution in [0.15, 0.2) is 18.2 Å². The highest BCUT2D eigenvalue weighted by atomic mass is 35.5. The summed E-state index contributed by atoms with van der Waals surface area (Å²) in [5, 5.41) is 4.24. The van der Waals surface area contributed by atoms with Crippen molar-refractivity contribution in [3.05, 3.63) is 28.2 Å². The van der Waals surface area contributed by atoms with Crippen molar-refractivity contribution in [1.29, 1.82) is 0 Å². The van der Waals surface area contributed by atoms with Gasteiger partial charge in [0.05, 0.1) is 10.0 Å². The molecule has 0 aromatic heterocycles. The molecule has 5 nitrogen and oxygen atoms in total. The molecule has 0 spiro atoms. The van der Waals surface area contributed by atoms with Crippen LogP contribution in [0.1, 0.15) is 26.2 Å². The number of likely N-dealkylation sites (tertiary alicyclic amines) is 1. The van der Waals surface area contributed by atoms with Gasteiger partial charge in [-0.3, -0.25) is 9.59 Å². The number of hydrogen-bond acceptors (Lipinski definition) is 3. The van der Waals surface area contributed by atoms with Crippen molar-refractivity contribution >= 4 is 40.7 Å². The molecule has 2 aliphatic heterocycles. The number of anilines is 1. The molecule has 0 saturated carbocycles.